The van der Waals surface area contributed by atoms with E-state index in [9.17, 15) is 47.4 Å². The van der Waals surface area contributed by atoms with Crippen molar-refractivity contribution in [1.29, 1.82) is 0 Å². The molecule has 5 N–H and O–H groups in total. The summed E-state index contributed by atoms with van der Waals surface area (Å²) in [6.45, 7) is 2.34. The number of carboxylic acid groups (broad SMARTS) is 1. The molecule has 3 aromatic heterocycles. The summed E-state index contributed by atoms with van der Waals surface area (Å²) in [4.78, 5) is 88.1. The van der Waals surface area contributed by atoms with Gasteiger partial charge in [0, 0.05) is 37.2 Å². The molecule has 2 saturated heterocycles. The van der Waals surface area contributed by atoms with Crippen LogP contribution in [0.5, 0.6) is 5.75 Å². The first-order valence-corrected chi connectivity index (χ1v) is 17.0. The lowest BCUT2D eigenvalue weighted by atomic mass is 9.91. The quantitative estimate of drug-likeness (QED) is 0.0909. The third-order valence-electron chi connectivity index (χ3n) is 7.61. The number of β-lactam (4-membered cyclic amide) rings is 1. The van der Waals surface area contributed by atoms with Gasteiger partial charge in [-0.25, -0.2) is 23.0 Å². The van der Waals surface area contributed by atoms with Crippen LogP contribution in [-0.2, 0) is 45.3 Å². The molecule has 22 heteroatoms. The zero-order chi connectivity index (χ0) is 35.8. The predicted molar refractivity (Wildman–Crippen MR) is 168 cm³/mol. The Morgan fingerprint density at radius 1 is 1.27 bits per heavy atom. The minimum atomic E-state index is -4.84. The number of anilines is 1. The summed E-state index contributed by atoms with van der Waals surface area (Å²) in [5, 5.41) is 27.9. The molecule has 0 unspecified atom stereocenters. The van der Waals surface area contributed by atoms with Crippen molar-refractivity contribution in [3.8, 4) is 17.3 Å². The molecule has 2 atom stereocenters. The summed E-state index contributed by atoms with van der Waals surface area (Å²) in [7, 11) is -4.84. The molecule has 0 radical (unpaired) electrons. The number of rotatable bonds is 13. The van der Waals surface area contributed by atoms with Crippen molar-refractivity contribution in [2.24, 2.45) is 11.1 Å². The van der Waals surface area contributed by atoms with Crippen LogP contribution in [-0.4, -0.2) is 107 Å². The van der Waals surface area contributed by atoms with Gasteiger partial charge >= 0.3 is 11.7 Å². The van der Waals surface area contributed by atoms with E-state index in [1.165, 1.54) is 19.2 Å². The normalized spacial score (nSPS) is 18.4. The Balaban J connectivity index is 1.31. The zero-order valence-electron chi connectivity index (χ0n) is 25.9. The Kier molecular flexibility index (Phi) is 9.56. The lowest BCUT2D eigenvalue weighted by molar-refractivity contribution is -0.161. The number of aromatic amines is 1. The number of oxime groups is 1. The van der Waals surface area contributed by atoms with E-state index in [-0.39, 0.29) is 39.5 Å². The van der Waals surface area contributed by atoms with E-state index in [0.29, 0.717) is 24.3 Å². The number of carboxylic acids is 1. The Morgan fingerprint density at radius 2 is 2.00 bits per heavy atom. The van der Waals surface area contributed by atoms with Crippen molar-refractivity contribution in [3.05, 3.63) is 44.0 Å². The lowest BCUT2D eigenvalue weighted by Crippen LogP contribution is -2.57. The molecule has 262 valence electrons. The van der Waals surface area contributed by atoms with Crippen molar-refractivity contribution < 1.29 is 47.4 Å². The maximum atomic E-state index is 13.3. The van der Waals surface area contributed by atoms with Gasteiger partial charge in [0.2, 0.25) is 22.8 Å². The Hall–Kier alpha value is -5.22. The Bertz CT molecular complexity index is 2090. The number of nitrogens with two attached hydrogens (primary N) is 1. The fourth-order valence-electron chi connectivity index (χ4n) is 4.83. The molecule has 5 heterocycles. The summed E-state index contributed by atoms with van der Waals surface area (Å²) in [5.74, 6) is -7.54. The molecule has 5 rings (SSSR count). The highest BCUT2D eigenvalue weighted by atomic mass is 32.2. The average molecular weight is 723 g/mol. The first-order valence-electron chi connectivity index (χ1n) is 14.5. The number of carbonyl (C=O) groups excluding carboxylic acids is 3. The number of pyridine rings is 1. The van der Waals surface area contributed by atoms with Crippen LogP contribution in [0.3, 0.4) is 0 Å². The smallest absolute Gasteiger partial charge is 0.360 e. The fourth-order valence-corrected chi connectivity index (χ4v) is 6.51. The van der Waals surface area contributed by atoms with Gasteiger partial charge in [-0.15, -0.1) is 20.5 Å². The second-order valence-electron chi connectivity index (χ2n) is 11.6. The number of aromatic hydroxyl groups is 1. The molecule has 2 fully saturated rings. The number of imide groups is 1. The topological polar surface area (TPSA) is 289 Å². The molecule has 0 spiro atoms. The highest BCUT2D eigenvalue weighted by Gasteiger charge is 2.44. The van der Waals surface area contributed by atoms with Gasteiger partial charge in [0.05, 0.1) is 24.3 Å². The third kappa shape index (κ3) is 7.29. The number of aliphatic carboxylic acids is 1. The van der Waals surface area contributed by atoms with E-state index in [0.717, 1.165) is 28.2 Å². The second-order valence-corrected chi connectivity index (χ2v) is 14.3. The Morgan fingerprint density at radius 3 is 2.59 bits per heavy atom. The van der Waals surface area contributed by atoms with Crippen molar-refractivity contribution in [2.45, 2.75) is 51.4 Å². The van der Waals surface area contributed by atoms with E-state index in [4.69, 9.17) is 15.3 Å². The SMILES string of the molecule is CC(C)(O/N=C(\C(=O)C[C@H]1CN(C(=O)CS(=O)(=O)n2nc(-c3cc(=O)c(O)c[nH]3)n(C[C@H]3CCCO3)c2=O)C1=O)c1csc(N)n1)C(=O)O. The largest absolute Gasteiger partial charge is 0.503 e. The summed E-state index contributed by atoms with van der Waals surface area (Å²) in [5.41, 5.74) is 1.31. The monoisotopic (exact) mass is 722 g/mol. The molecule has 2 amide bonds. The van der Waals surface area contributed by atoms with Crippen LogP contribution >= 0.6 is 11.3 Å². The molecule has 20 nitrogen and oxygen atoms in total. The van der Waals surface area contributed by atoms with Crippen molar-refractivity contribution in [1.82, 2.24) is 28.6 Å². The Labute approximate surface area is 279 Å². The molecule has 0 saturated carbocycles. The first kappa shape index (κ1) is 35.1. The molecular formula is C27H30N8O12S2. The van der Waals surface area contributed by atoms with E-state index in [1.807, 2.05) is 0 Å². The second kappa shape index (κ2) is 13.4. The summed E-state index contributed by atoms with van der Waals surface area (Å²) >= 11 is 0.970. The van der Waals surface area contributed by atoms with Crippen LogP contribution in [0.25, 0.3) is 11.5 Å². The number of carbonyl (C=O) groups is 4. The van der Waals surface area contributed by atoms with Crippen molar-refractivity contribution in [3.63, 3.8) is 0 Å². The van der Waals surface area contributed by atoms with Crippen molar-refractivity contribution >= 4 is 55.8 Å². The van der Waals surface area contributed by atoms with Crippen LogP contribution in [0.15, 0.2) is 32.4 Å². The number of hydrogen-bond donors (Lipinski definition) is 4. The molecular weight excluding hydrogens is 692 g/mol. The number of amides is 2. The van der Waals surface area contributed by atoms with E-state index in [2.05, 4.69) is 20.2 Å². The molecule has 2 aliphatic rings. The zero-order valence-corrected chi connectivity index (χ0v) is 27.5. The highest BCUT2D eigenvalue weighted by Crippen LogP contribution is 2.25. The van der Waals surface area contributed by atoms with E-state index >= 15 is 0 Å². The summed E-state index contributed by atoms with van der Waals surface area (Å²) in [6, 6.07) is 0.921. The summed E-state index contributed by atoms with van der Waals surface area (Å²) < 4.78 is 33.3. The third-order valence-corrected chi connectivity index (χ3v) is 9.66. The van der Waals surface area contributed by atoms with Gasteiger partial charge in [0.15, 0.2) is 34.0 Å². The van der Waals surface area contributed by atoms with Crippen LogP contribution < -0.4 is 16.9 Å². The molecule has 3 aromatic rings. The number of aromatic nitrogens is 5. The number of likely N-dealkylation sites (tertiary alicyclic amines) is 1. The molecule has 2 aliphatic heterocycles. The van der Waals surface area contributed by atoms with Gasteiger partial charge in [-0.05, 0) is 26.7 Å². The standard InChI is InChI=1S/C27H30N8O12S2/c1-27(2,24(41)42)47-32-21(16-11-48-25(28)30-16)18(37)6-13-9-33(23(13)40)20(39)12-49(44,45)35-26(43)34(10-14-4-3-5-46-14)22(31-35)15-7-17(36)19(38)8-29-15/h7-8,11,13-14,38H,3-6,9-10,12H2,1-2H3,(H2,28,30)(H,29,36)(H,41,42)/b32-21-/t13-,14+/m0/s1. The first-order chi connectivity index (χ1) is 23.0. The molecule has 0 bridgehead atoms. The highest BCUT2D eigenvalue weighted by molar-refractivity contribution is 7.90. The number of ketones is 1. The molecule has 49 heavy (non-hydrogen) atoms. The average Bonchev–Trinajstić information content (AvgIpc) is 3.78. The predicted octanol–water partition coefficient (Wildman–Crippen LogP) is -1.27. The maximum Gasteiger partial charge on any atom is 0.360 e. The van der Waals surface area contributed by atoms with Gasteiger partial charge in [0.1, 0.15) is 5.69 Å². The number of ether oxygens (including phenoxy) is 1. The van der Waals surface area contributed by atoms with Gasteiger partial charge in [-0.3, -0.25) is 28.6 Å². The van der Waals surface area contributed by atoms with Gasteiger partial charge < -0.3 is 30.5 Å². The number of nitrogens with one attached hydrogen (secondary N) is 1. The number of Topliss-reactive ketones (excluding diaryl/α,β-unsaturated/α-hetero) is 1. The number of hydrogen-bond acceptors (Lipinski definition) is 16. The van der Waals surface area contributed by atoms with Crippen LogP contribution in [0.1, 0.15) is 38.8 Å². The van der Waals surface area contributed by atoms with E-state index in [1.54, 1.807) is 0 Å². The fraction of sp³-hybridized carbons (Fsp3) is 0.444. The van der Waals surface area contributed by atoms with Crippen molar-refractivity contribution in [2.75, 3.05) is 24.6 Å². The van der Waals surface area contributed by atoms with Gasteiger partial charge in [-0.1, -0.05) is 5.16 Å². The van der Waals surface area contributed by atoms with Crippen LogP contribution in [0.4, 0.5) is 5.13 Å². The number of nitrogens with zero attached hydrogens (tertiary/aromatic N) is 6. The minimum absolute atomic E-state index is 0.0281. The maximum absolute atomic E-state index is 13.3. The summed E-state index contributed by atoms with van der Waals surface area (Å²) in [6.07, 6.45) is 1.23. The molecule has 0 aliphatic carbocycles. The number of thiazole rings is 1. The number of nitrogen functional groups attached to an aromatic ring is 1. The van der Waals surface area contributed by atoms with Crippen LogP contribution in [0, 0.1) is 5.92 Å². The van der Waals surface area contributed by atoms with Crippen LogP contribution in [0.2, 0.25) is 0 Å². The number of H-pyrrole nitrogens is 1. The van der Waals surface area contributed by atoms with Gasteiger partial charge in [-0.2, -0.15) is 0 Å². The molecule has 0 aromatic carbocycles. The lowest BCUT2D eigenvalue weighted by Gasteiger charge is -2.36. The minimum Gasteiger partial charge on any atom is -0.503 e. The van der Waals surface area contributed by atoms with Gasteiger partial charge in [0.25, 0.3) is 10.0 Å². The van der Waals surface area contributed by atoms with E-state index < -0.39 is 86.0 Å².